The van der Waals surface area contributed by atoms with E-state index in [1.807, 2.05) is 12.1 Å². The number of carbonyl (C=O) groups is 1. The third-order valence-electron chi connectivity index (χ3n) is 5.59. The van der Waals surface area contributed by atoms with Gasteiger partial charge in [0, 0.05) is 17.8 Å². The smallest absolute Gasteiger partial charge is 0.339 e. The molecule has 2 N–H and O–H groups in total. The fraction of sp³-hybridized carbons (Fsp3) is 0.417. The zero-order valence-electron chi connectivity index (χ0n) is 18.5. The summed E-state index contributed by atoms with van der Waals surface area (Å²) in [5.41, 5.74) is 6.87. The predicted octanol–water partition coefficient (Wildman–Crippen LogP) is 5.35. The van der Waals surface area contributed by atoms with Crippen LogP contribution in [-0.2, 0) is 0 Å². The van der Waals surface area contributed by atoms with Crippen molar-refractivity contribution in [2.75, 3.05) is 23.9 Å². The third kappa shape index (κ3) is 4.75. The number of carbonyl (C=O) groups excluding carboxylic acids is 1. The molecule has 0 aromatic heterocycles. The van der Waals surface area contributed by atoms with Gasteiger partial charge in [0.2, 0.25) is 0 Å². The molecule has 0 spiro atoms. The van der Waals surface area contributed by atoms with Crippen molar-refractivity contribution in [3.63, 3.8) is 0 Å². The van der Waals surface area contributed by atoms with Crippen molar-refractivity contribution in [1.29, 1.82) is 0 Å². The Kier molecular flexibility index (Phi) is 6.65. The molecule has 1 atom stereocenters. The first-order valence-corrected chi connectivity index (χ1v) is 10.5. The summed E-state index contributed by atoms with van der Waals surface area (Å²) in [7, 11) is 1.57. The number of amides is 2. The summed E-state index contributed by atoms with van der Waals surface area (Å²) in [5.74, 6) is 1.07. The van der Waals surface area contributed by atoms with Crippen LogP contribution in [0.1, 0.15) is 57.6 Å². The molecular formula is C24H32N4O2. The van der Waals surface area contributed by atoms with Gasteiger partial charge in [0.25, 0.3) is 0 Å². The van der Waals surface area contributed by atoms with E-state index in [2.05, 4.69) is 66.6 Å². The van der Waals surface area contributed by atoms with Gasteiger partial charge in [-0.3, -0.25) is 0 Å². The lowest BCUT2D eigenvalue weighted by Crippen LogP contribution is -2.48. The predicted molar refractivity (Wildman–Crippen MR) is 124 cm³/mol. The van der Waals surface area contributed by atoms with Gasteiger partial charge in [-0.15, -0.1) is 0 Å². The van der Waals surface area contributed by atoms with Gasteiger partial charge in [-0.2, -0.15) is 5.10 Å². The number of methoxy groups -OCH3 is 1. The Morgan fingerprint density at radius 2 is 2.07 bits per heavy atom. The normalized spacial score (nSPS) is 17.5. The van der Waals surface area contributed by atoms with Crippen molar-refractivity contribution < 1.29 is 9.53 Å². The van der Waals surface area contributed by atoms with E-state index in [1.54, 1.807) is 25.5 Å². The van der Waals surface area contributed by atoms with Gasteiger partial charge in [0.1, 0.15) is 5.75 Å². The lowest BCUT2D eigenvalue weighted by molar-refractivity contribution is 0.252. The molecule has 160 valence electrons. The monoisotopic (exact) mass is 408 g/mol. The van der Waals surface area contributed by atoms with Crippen LogP contribution in [0.5, 0.6) is 5.75 Å². The first kappa shape index (κ1) is 21.7. The molecule has 6 nitrogen and oxygen atoms in total. The van der Waals surface area contributed by atoms with Crippen molar-refractivity contribution in [1.82, 2.24) is 5.43 Å². The Morgan fingerprint density at radius 3 is 2.80 bits per heavy atom. The van der Waals surface area contributed by atoms with Crippen molar-refractivity contribution in [2.45, 2.75) is 52.0 Å². The number of hydrogen-bond acceptors (Lipinski definition) is 4. The molecule has 0 bridgehead atoms. The van der Waals surface area contributed by atoms with Gasteiger partial charge in [0.15, 0.2) is 0 Å². The number of nitrogens with one attached hydrogen (secondary N) is 2. The maximum Gasteiger partial charge on any atom is 0.339 e. The summed E-state index contributed by atoms with van der Waals surface area (Å²) in [6.07, 6.45) is 3.91. The first-order valence-electron chi connectivity index (χ1n) is 10.5. The SMILES string of the molecule is CCCN1c2ccc(/C=N/NC(=O)Nc3ccccc3OC)cc2C(C)CC1(C)C. The molecule has 0 saturated heterocycles. The third-order valence-corrected chi connectivity index (χ3v) is 5.59. The molecule has 30 heavy (non-hydrogen) atoms. The molecule has 0 fully saturated rings. The highest BCUT2D eigenvalue weighted by Gasteiger charge is 2.35. The number of para-hydroxylation sites is 2. The summed E-state index contributed by atoms with van der Waals surface area (Å²) >= 11 is 0. The number of benzene rings is 2. The van der Waals surface area contributed by atoms with E-state index in [0.717, 1.165) is 24.9 Å². The highest BCUT2D eigenvalue weighted by atomic mass is 16.5. The van der Waals surface area contributed by atoms with Crippen LogP contribution < -0.4 is 20.4 Å². The van der Waals surface area contributed by atoms with Gasteiger partial charge in [0.05, 0.1) is 19.0 Å². The van der Waals surface area contributed by atoms with Crippen LogP contribution in [0, 0.1) is 0 Å². The minimum absolute atomic E-state index is 0.149. The Labute approximate surface area is 179 Å². The minimum atomic E-state index is -0.419. The van der Waals surface area contributed by atoms with Gasteiger partial charge in [-0.1, -0.05) is 32.0 Å². The fourth-order valence-corrected chi connectivity index (χ4v) is 4.30. The highest BCUT2D eigenvalue weighted by Crippen LogP contribution is 2.43. The number of urea groups is 1. The molecule has 2 amide bonds. The van der Waals surface area contributed by atoms with Crippen LogP contribution in [0.3, 0.4) is 0 Å². The molecule has 1 unspecified atom stereocenters. The molecule has 0 aliphatic carbocycles. The zero-order valence-corrected chi connectivity index (χ0v) is 18.5. The Bertz CT molecular complexity index is 923. The van der Waals surface area contributed by atoms with Crippen LogP contribution in [0.25, 0.3) is 0 Å². The number of nitrogens with zero attached hydrogens (tertiary/aromatic N) is 2. The van der Waals surface area contributed by atoms with Crippen LogP contribution in [-0.4, -0.2) is 31.4 Å². The molecule has 1 aliphatic rings. The summed E-state index contributed by atoms with van der Waals surface area (Å²) in [6, 6.07) is 13.2. The molecule has 1 heterocycles. The number of ether oxygens (including phenoxy) is 1. The van der Waals surface area contributed by atoms with E-state index in [9.17, 15) is 4.79 Å². The summed E-state index contributed by atoms with van der Waals surface area (Å²) in [4.78, 5) is 14.7. The summed E-state index contributed by atoms with van der Waals surface area (Å²) < 4.78 is 5.24. The molecule has 6 heteroatoms. The maximum absolute atomic E-state index is 12.1. The molecule has 3 rings (SSSR count). The lowest BCUT2D eigenvalue weighted by Gasteiger charge is -2.47. The number of hydrogen-bond donors (Lipinski definition) is 2. The maximum atomic E-state index is 12.1. The molecule has 1 aliphatic heterocycles. The van der Waals surface area contributed by atoms with E-state index in [-0.39, 0.29) is 5.54 Å². The average Bonchev–Trinajstić information content (AvgIpc) is 2.71. The molecule has 2 aromatic rings. The second-order valence-electron chi connectivity index (χ2n) is 8.41. The number of anilines is 2. The van der Waals surface area contributed by atoms with E-state index in [1.165, 1.54) is 11.3 Å². The van der Waals surface area contributed by atoms with Gasteiger partial charge >= 0.3 is 6.03 Å². The van der Waals surface area contributed by atoms with Crippen LogP contribution in [0.15, 0.2) is 47.6 Å². The number of hydrazone groups is 1. The molecule has 0 saturated carbocycles. The standard InChI is InChI=1S/C24H32N4O2/c1-6-13-28-21-12-11-18(14-19(21)17(2)15-24(28,3)4)16-25-27-23(29)26-20-9-7-8-10-22(20)30-5/h7-12,14,16-17H,6,13,15H2,1-5H3,(H2,26,27,29)/b25-16+. The highest BCUT2D eigenvalue weighted by molar-refractivity contribution is 5.92. The Hall–Kier alpha value is -3.02. The second-order valence-corrected chi connectivity index (χ2v) is 8.41. The van der Waals surface area contributed by atoms with Gasteiger partial charge < -0.3 is 15.0 Å². The van der Waals surface area contributed by atoms with Crippen molar-refractivity contribution in [3.8, 4) is 5.75 Å². The van der Waals surface area contributed by atoms with Crippen molar-refractivity contribution in [2.24, 2.45) is 5.10 Å². The van der Waals surface area contributed by atoms with Crippen LogP contribution in [0.4, 0.5) is 16.2 Å². The molecular weight excluding hydrogens is 376 g/mol. The van der Waals surface area contributed by atoms with Crippen molar-refractivity contribution >= 4 is 23.6 Å². The van der Waals surface area contributed by atoms with Crippen LogP contribution >= 0.6 is 0 Å². The van der Waals surface area contributed by atoms with E-state index in [4.69, 9.17) is 4.74 Å². The Morgan fingerprint density at radius 1 is 1.30 bits per heavy atom. The van der Waals surface area contributed by atoms with E-state index in [0.29, 0.717) is 17.4 Å². The summed E-state index contributed by atoms with van der Waals surface area (Å²) in [6.45, 7) is 10.2. The molecule has 2 aromatic carbocycles. The number of rotatable bonds is 6. The lowest BCUT2D eigenvalue weighted by atomic mass is 9.79. The molecule has 0 radical (unpaired) electrons. The average molecular weight is 409 g/mol. The zero-order chi connectivity index (χ0) is 21.7. The largest absolute Gasteiger partial charge is 0.495 e. The summed E-state index contributed by atoms with van der Waals surface area (Å²) in [5, 5.41) is 6.85. The van der Waals surface area contributed by atoms with E-state index < -0.39 is 6.03 Å². The quantitative estimate of drug-likeness (QED) is 0.500. The topological polar surface area (TPSA) is 66.0 Å². The Balaban J connectivity index is 1.70. The van der Waals surface area contributed by atoms with E-state index >= 15 is 0 Å². The van der Waals surface area contributed by atoms with Gasteiger partial charge in [-0.25, -0.2) is 10.2 Å². The van der Waals surface area contributed by atoms with Crippen LogP contribution in [0.2, 0.25) is 0 Å². The van der Waals surface area contributed by atoms with Crippen molar-refractivity contribution in [3.05, 3.63) is 53.6 Å². The second kappa shape index (κ2) is 9.20. The fourth-order valence-electron chi connectivity index (χ4n) is 4.30. The number of fused-ring (bicyclic) bond motifs is 1. The minimum Gasteiger partial charge on any atom is -0.495 e. The van der Waals surface area contributed by atoms with Gasteiger partial charge in [-0.05, 0) is 68.0 Å². The first-order chi connectivity index (χ1) is 14.4.